The molecule has 3 aromatic rings. The van der Waals surface area contributed by atoms with Crippen molar-refractivity contribution in [3.05, 3.63) is 60.3 Å². The van der Waals surface area contributed by atoms with Gasteiger partial charge in [0.25, 0.3) is 0 Å². The minimum atomic E-state index is -3.81. The number of methoxy groups -OCH3 is 1. The third-order valence-corrected chi connectivity index (χ3v) is 4.48. The summed E-state index contributed by atoms with van der Waals surface area (Å²) in [4.78, 5) is -0.0495. The first kappa shape index (κ1) is 17.1. The summed E-state index contributed by atoms with van der Waals surface area (Å²) >= 11 is 0. The van der Waals surface area contributed by atoms with E-state index in [9.17, 15) is 17.2 Å². The summed E-state index contributed by atoms with van der Waals surface area (Å²) in [6.07, 6.45) is 1.46. The molecule has 0 saturated carbocycles. The van der Waals surface area contributed by atoms with E-state index in [-0.39, 0.29) is 10.5 Å². The molecule has 3 rings (SSSR count). The highest BCUT2D eigenvalue weighted by atomic mass is 32.2. The number of sulfonamides is 1. The van der Waals surface area contributed by atoms with Crippen molar-refractivity contribution >= 4 is 10.0 Å². The number of primary sulfonamides is 1. The predicted molar refractivity (Wildman–Crippen MR) is 86.8 cm³/mol. The second-order valence-corrected chi connectivity index (χ2v) is 6.70. The molecule has 1 heterocycles. The molecular weight excluding hydrogens is 352 g/mol. The molecule has 0 aliphatic heterocycles. The lowest BCUT2D eigenvalue weighted by molar-refractivity contribution is 0.360. The molecule has 0 atom stereocenters. The minimum absolute atomic E-state index is 0.0495. The van der Waals surface area contributed by atoms with Crippen LogP contribution in [0.2, 0.25) is 0 Å². The minimum Gasteiger partial charge on any atom is -0.491 e. The number of rotatable bonds is 4. The van der Waals surface area contributed by atoms with E-state index in [1.54, 1.807) is 6.07 Å². The van der Waals surface area contributed by atoms with Gasteiger partial charge >= 0.3 is 0 Å². The Balaban J connectivity index is 2.07. The van der Waals surface area contributed by atoms with Crippen molar-refractivity contribution < 1.29 is 21.9 Å². The summed E-state index contributed by atoms with van der Waals surface area (Å²) in [5.74, 6) is -2.14. The van der Waals surface area contributed by atoms with Gasteiger partial charge in [0.1, 0.15) is 0 Å². The highest BCUT2D eigenvalue weighted by molar-refractivity contribution is 7.89. The molecule has 9 heteroatoms. The largest absolute Gasteiger partial charge is 0.491 e. The van der Waals surface area contributed by atoms with Crippen LogP contribution >= 0.6 is 0 Å². The highest BCUT2D eigenvalue weighted by Gasteiger charge is 2.16. The van der Waals surface area contributed by atoms with Gasteiger partial charge in [-0.1, -0.05) is 0 Å². The molecular formula is C16H13F2N3O3S. The normalized spacial score (nSPS) is 11.5. The maximum atomic E-state index is 13.9. The fourth-order valence-electron chi connectivity index (χ4n) is 2.41. The van der Waals surface area contributed by atoms with E-state index in [0.29, 0.717) is 11.4 Å². The maximum Gasteiger partial charge on any atom is 0.238 e. The first-order chi connectivity index (χ1) is 11.8. The van der Waals surface area contributed by atoms with Crippen LogP contribution in [0.1, 0.15) is 0 Å². The van der Waals surface area contributed by atoms with E-state index >= 15 is 0 Å². The van der Waals surface area contributed by atoms with Crippen LogP contribution in [-0.4, -0.2) is 25.3 Å². The second kappa shape index (κ2) is 6.26. The molecule has 0 aliphatic carbocycles. The molecule has 130 valence electrons. The Morgan fingerprint density at radius 3 is 2.20 bits per heavy atom. The van der Waals surface area contributed by atoms with Crippen LogP contribution in [0.5, 0.6) is 5.75 Å². The van der Waals surface area contributed by atoms with E-state index in [4.69, 9.17) is 5.14 Å². The number of nitrogens with zero attached hydrogens (tertiary/aromatic N) is 2. The van der Waals surface area contributed by atoms with Crippen LogP contribution in [0.3, 0.4) is 0 Å². The van der Waals surface area contributed by atoms with Crippen LogP contribution < -0.4 is 9.88 Å². The lowest BCUT2D eigenvalue weighted by Crippen LogP contribution is -2.12. The van der Waals surface area contributed by atoms with Crippen molar-refractivity contribution in [2.24, 2.45) is 5.14 Å². The molecule has 0 aliphatic rings. The molecule has 0 radical (unpaired) electrons. The zero-order valence-electron chi connectivity index (χ0n) is 13.0. The first-order valence-corrected chi connectivity index (χ1v) is 8.56. The quantitative estimate of drug-likeness (QED) is 0.769. The van der Waals surface area contributed by atoms with Gasteiger partial charge < -0.3 is 4.74 Å². The van der Waals surface area contributed by atoms with Crippen LogP contribution in [0.25, 0.3) is 16.9 Å². The standard InChI is InChI=1S/C16H13F2N3O3S/c1-24-16-13(17)8-10(9-14(16)18)15-6-7-20-21(15)11-2-4-12(5-3-11)25(19,22)23/h2-9H,1H3,(H2,19,22,23). The Morgan fingerprint density at radius 2 is 1.68 bits per heavy atom. The van der Waals surface area contributed by atoms with Crippen molar-refractivity contribution in [1.29, 1.82) is 0 Å². The average molecular weight is 365 g/mol. The monoisotopic (exact) mass is 365 g/mol. The Kier molecular flexibility index (Phi) is 4.27. The number of aromatic nitrogens is 2. The van der Waals surface area contributed by atoms with E-state index in [0.717, 1.165) is 12.1 Å². The molecule has 0 amide bonds. The van der Waals surface area contributed by atoms with Gasteiger partial charge in [-0.05, 0) is 42.5 Å². The summed E-state index contributed by atoms with van der Waals surface area (Å²) in [6.45, 7) is 0. The Hall–Kier alpha value is -2.78. The van der Waals surface area contributed by atoms with Gasteiger partial charge in [0.15, 0.2) is 17.4 Å². The molecule has 0 unspecified atom stereocenters. The van der Waals surface area contributed by atoms with Gasteiger partial charge in [-0.2, -0.15) is 5.10 Å². The molecule has 2 aromatic carbocycles. The van der Waals surface area contributed by atoms with Gasteiger partial charge in [-0.25, -0.2) is 27.0 Å². The van der Waals surface area contributed by atoms with Crippen LogP contribution in [0.4, 0.5) is 8.78 Å². The highest BCUT2D eigenvalue weighted by Crippen LogP contribution is 2.30. The molecule has 2 N–H and O–H groups in total. The fourth-order valence-corrected chi connectivity index (χ4v) is 2.92. The smallest absolute Gasteiger partial charge is 0.238 e. The zero-order valence-corrected chi connectivity index (χ0v) is 13.8. The summed E-state index contributed by atoms with van der Waals surface area (Å²) < 4.78 is 56.6. The third-order valence-electron chi connectivity index (χ3n) is 3.55. The van der Waals surface area contributed by atoms with Crippen LogP contribution in [0, 0.1) is 11.6 Å². The average Bonchev–Trinajstić information content (AvgIpc) is 3.03. The number of nitrogens with two attached hydrogens (primary N) is 1. The van der Waals surface area contributed by atoms with Gasteiger partial charge in [0, 0.05) is 5.56 Å². The SMILES string of the molecule is COc1c(F)cc(-c2ccnn2-c2ccc(S(N)(=O)=O)cc2)cc1F. The lowest BCUT2D eigenvalue weighted by atomic mass is 10.1. The number of ether oxygens (including phenoxy) is 1. The molecule has 6 nitrogen and oxygen atoms in total. The molecule has 1 aromatic heterocycles. The summed E-state index contributed by atoms with van der Waals surface area (Å²) in [6, 6.07) is 9.48. The summed E-state index contributed by atoms with van der Waals surface area (Å²) in [5.41, 5.74) is 1.18. The second-order valence-electron chi connectivity index (χ2n) is 5.14. The maximum absolute atomic E-state index is 13.9. The summed E-state index contributed by atoms with van der Waals surface area (Å²) in [7, 11) is -2.63. The van der Waals surface area contributed by atoms with Crippen molar-refractivity contribution in [2.75, 3.05) is 7.11 Å². The Labute approximate surface area is 142 Å². The summed E-state index contributed by atoms with van der Waals surface area (Å²) in [5, 5.41) is 9.18. The first-order valence-electron chi connectivity index (χ1n) is 7.02. The predicted octanol–water partition coefficient (Wildman–Crippen LogP) is 2.47. The Morgan fingerprint density at radius 1 is 1.08 bits per heavy atom. The number of hydrogen-bond donors (Lipinski definition) is 1. The van der Waals surface area contributed by atoms with E-state index in [1.807, 2.05) is 0 Å². The fraction of sp³-hybridized carbons (Fsp3) is 0.0625. The van der Waals surface area contributed by atoms with Crippen molar-refractivity contribution in [1.82, 2.24) is 9.78 Å². The van der Waals surface area contributed by atoms with Crippen LogP contribution in [0.15, 0.2) is 53.6 Å². The molecule has 0 bridgehead atoms. The molecule has 0 saturated heterocycles. The van der Waals surface area contributed by atoms with Gasteiger partial charge in [0.05, 0.1) is 29.6 Å². The zero-order chi connectivity index (χ0) is 18.2. The van der Waals surface area contributed by atoms with Gasteiger partial charge in [0.2, 0.25) is 10.0 Å². The number of hydrogen-bond acceptors (Lipinski definition) is 4. The van der Waals surface area contributed by atoms with E-state index in [2.05, 4.69) is 9.84 Å². The number of benzene rings is 2. The number of halogens is 2. The van der Waals surface area contributed by atoms with E-state index < -0.39 is 27.4 Å². The lowest BCUT2D eigenvalue weighted by Gasteiger charge is -2.10. The molecule has 0 fully saturated rings. The van der Waals surface area contributed by atoms with Crippen molar-refractivity contribution in [3.8, 4) is 22.7 Å². The van der Waals surface area contributed by atoms with Crippen molar-refractivity contribution in [2.45, 2.75) is 4.90 Å². The topological polar surface area (TPSA) is 87.2 Å². The molecule has 0 spiro atoms. The van der Waals surface area contributed by atoms with Gasteiger partial charge in [-0.3, -0.25) is 0 Å². The Bertz CT molecular complexity index is 1010. The third kappa shape index (κ3) is 3.24. The van der Waals surface area contributed by atoms with Gasteiger partial charge in [-0.15, -0.1) is 0 Å². The van der Waals surface area contributed by atoms with Crippen molar-refractivity contribution in [3.63, 3.8) is 0 Å². The van der Waals surface area contributed by atoms with Crippen LogP contribution in [-0.2, 0) is 10.0 Å². The molecule has 25 heavy (non-hydrogen) atoms. The van der Waals surface area contributed by atoms with E-state index in [1.165, 1.54) is 42.3 Å².